The number of hydrogen-bond donors (Lipinski definition) is 1. The minimum atomic E-state index is -2.53. The van der Waals surface area contributed by atoms with Crippen molar-refractivity contribution in [2.24, 2.45) is 5.92 Å². The van der Waals surface area contributed by atoms with Crippen LogP contribution in [0.25, 0.3) is 0 Å². The number of nitrogen functional groups attached to an aromatic ring is 1. The van der Waals surface area contributed by atoms with E-state index in [0.717, 1.165) is 0 Å². The number of nitrogens with zero attached hydrogens (tertiary/aromatic N) is 1. The molecule has 0 aliphatic heterocycles. The Morgan fingerprint density at radius 3 is 2.53 bits per heavy atom. The van der Waals surface area contributed by atoms with E-state index >= 15 is 0 Å². The van der Waals surface area contributed by atoms with Crippen LogP contribution in [0.4, 0.5) is 20.2 Å². The summed E-state index contributed by atoms with van der Waals surface area (Å²) < 4.78 is 31.3. The Bertz CT molecular complexity index is 397. The van der Waals surface area contributed by atoms with Crippen molar-refractivity contribution < 1.29 is 13.5 Å². The minimum Gasteiger partial charge on any atom is -0.399 e. The number of nitrogens with two attached hydrogens (primary N) is 1. The molecule has 0 spiro atoms. The second kappa shape index (κ2) is 7.28. The van der Waals surface area contributed by atoms with Crippen LogP contribution < -0.4 is 10.6 Å². The van der Waals surface area contributed by atoms with Crippen molar-refractivity contribution in [2.45, 2.75) is 20.3 Å². The molecule has 19 heavy (non-hydrogen) atoms. The predicted octanol–water partition coefficient (Wildman–Crippen LogP) is 3.32. The fourth-order valence-corrected chi connectivity index (χ4v) is 1.99. The zero-order valence-corrected chi connectivity index (χ0v) is 11.7. The molecule has 3 nitrogen and oxygen atoms in total. The lowest BCUT2D eigenvalue weighted by molar-refractivity contribution is 0.151. The third-order valence-corrected chi connectivity index (χ3v) is 2.78. The highest BCUT2D eigenvalue weighted by molar-refractivity contribution is 5.60. The summed E-state index contributed by atoms with van der Waals surface area (Å²) in [6.45, 7) is 5.89. The van der Waals surface area contributed by atoms with E-state index in [2.05, 4.69) is 13.8 Å². The van der Waals surface area contributed by atoms with Crippen LogP contribution in [0.2, 0.25) is 0 Å². The van der Waals surface area contributed by atoms with Crippen LogP contribution in [-0.4, -0.2) is 26.8 Å². The maximum Gasteiger partial charge on any atom is 0.265 e. The van der Waals surface area contributed by atoms with Crippen molar-refractivity contribution in [3.05, 3.63) is 23.8 Å². The molecule has 0 saturated heterocycles. The van der Waals surface area contributed by atoms with Crippen LogP contribution in [0.3, 0.4) is 0 Å². The standard InChI is InChI=1S/C14H22F2N2O/c1-10(2)9-18(6-7-19-3)13-5-4-11(17)8-12(13)14(15)16/h4-5,8,10,14H,6-7,9,17H2,1-3H3. The van der Waals surface area contributed by atoms with E-state index in [1.807, 2.05) is 4.90 Å². The van der Waals surface area contributed by atoms with E-state index in [0.29, 0.717) is 37.0 Å². The number of methoxy groups -OCH3 is 1. The first-order valence-corrected chi connectivity index (χ1v) is 6.37. The smallest absolute Gasteiger partial charge is 0.265 e. The van der Waals surface area contributed by atoms with Gasteiger partial charge < -0.3 is 15.4 Å². The molecular weight excluding hydrogens is 250 g/mol. The molecule has 0 aliphatic rings. The Morgan fingerprint density at radius 1 is 1.32 bits per heavy atom. The quantitative estimate of drug-likeness (QED) is 0.774. The summed E-state index contributed by atoms with van der Waals surface area (Å²) in [4.78, 5) is 1.93. The van der Waals surface area contributed by atoms with Crippen molar-refractivity contribution in [2.75, 3.05) is 37.4 Å². The summed E-state index contributed by atoms with van der Waals surface area (Å²) in [5.41, 5.74) is 6.47. The molecule has 1 aromatic carbocycles. The van der Waals surface area contributed by atoms with E-state index in [9.17, 15) is 8.78 Å². The van der Waals surface area contributed by atoms with Gasteiger partial charge in [0.1, 0.15) is 0 Å². The molecule has 0 atom stereocenters. The Labute approximate surface area is 113 Å². The molecule has 108 valence electrons. The van der Waals surface area contributed by atoms with Gasteiger partial charge in [-0.05, 0) is 24.1 Å². The number of rotatable bonds is 7. The molecule has 0 saturated carbocycles. The van der Waals surface area contributed by atoms with E-state index < -0.39 is 6.43 Å². The maximum atomic E-state index is 13.1. The Kier molecular flexibility index (Phi) is 6.02. The second-order valence-corrected chi connectivity index (χ2v) is 4.95. The number of alkyl halides is 2. The fraction of sp³-hybridized carbons (Fsp3) is 0.571. The van der Waals surface area contributed by atoms with Gasteiger partial charge in [0.2, 0.25) is 0 Å². The van der Waals surface area contributed by atoms with Gasteiger partial charge in [0.05, 0.1) is 6.61 Å². The molecule has 0 amide bonds. The Balaban J connectivity index is 3.05. The first-order chi connectivity index (χ1) is 8.95. The van der Waals surface area contributed by atoms with Gasteiger partial charge >= 0.3 is 0 Å². The average Bonchev–Trinajstić information content (AvgIpc) is 2.34. The SMILES string of the molecule is COCCN(CC(C)C)c1ccc(N)cc1C(F)F. The molecule has 0 radical (unpaired) electrons. The summed E-state index contributed by atoms with van der Waals surface area (Å²) in [6, 6.07) is 4.66. The van der Waals surface area contributed by atoms with Gasteiger partial charge in [0, 0.05) is 37.1 Å². The number of halogens is 2. The topological polar surface area (TPSA) is 38.5 Å². The summed E-state index contributed by atoms with van der Waals surface area (Å²) in [5.74, 6) is 0.375. The highest BCUT2D eigenvalue weighted by Crippen LogP contribution is 2.32. The molecule has 5 heteroatoms. The minimum absolute atomic E-state index is 0.0169. The lowest BCUT2D eigenvalue weighted by atomic mass is 10.1. The summed E-state index contributed by atoms with van der Waals surface area (Å²) in [6.07, 6.45) is -2.53. The van der Waals surface area contributed by atoms with Crippen LogP contribution in [0, 0.1) is 5.92 Å². The van der Waals surface area contributed by atoms with Gasteiger partial charge in [0.15, 0.2) is 0 Å². The first-order valence-electron chi connectivity index (χ1n) is 6.37. The van der Waals surface area contributed by atoms with Gasteiger partial charge in [-0.1, -0.05) is 13.8 Å². The van der Waals surface area contributed by atoms with Gasteiger partial charge in [-0.3, -0.25) is 0 Å². The third-order valence-electron chi connectivity index (χ3n) is 2.78. The summed E-state index contributed by atoms with van der Waals surface area (Å²) in [7, 11) is 1.60. The van der Waals surface area contributed by atoms with E-state index in [-0.39, 0.29) is 5.56 Å². The van der Waals surface area contributed by atoms with Gasteiger partial charge in [-0.25, -0.2) is 8.78 Å². The van der Waals surface area contributed by atoms with Crippen molar-refractivity contribution in [1.29, 1.82) is 0 Å². The summed E-state index contributed by atoms with van der Waals surface area (Å²) >= 11 is 0. The molecular formula is C14H22F2N2O. The highest BCUT2D eigenvalue weighted by Gasteiger charge is 2.18. The van der Waals surface area contributed by atoms with Crippen molar-refractivity contribution in [1.82, 2.24) is 0 Å². The molecule has 0 bridgehead atoms. The molecule has 0 fully saturated rings. The van der Waals surface area contributed by atoms with Crippen LogP contribution >= 0.6 is 0 Å². The largest absolute Gasteiger partial charge is 0.399 e. The fourth-order valence-electron chi connectivity index (χ4n) is 1.99. The molecule has 0 aromatic heterocycles. The zero-order valence-electron chi connectivity index (χ0n) is 11.7. The van der Waals surface area contributed by atoms with E-state index in [1.54, 1.807) is 19.2 Å². The van der Waals surface area contributed by atoms with Crippen LogP contribution in [0.1, 0.15) is 25.8 Å². The first kappa shape index (κ1) is 15.7. The second-order valence-electron chi connectivity index (χ2n) is 4.95. The Morgan fingerprint density at radius 2 is 2.00 bits per heavy atom. The molecule has 2 N–H and O–H groups in total. The van der Waals surface area contributed by atoms with E-state index in [4.69, 9.17) is 10.5 Å². The Hall–Kier alpha value is -1.36. The maximum absolute atomic E-state index is 13.1. The lowest BCUT2D eigenvalue weighted by Crippen LogP contribution is -2.31. The zero-order chi connectivity index (χ0) is 14.4. The molecule has 1 rings (SSSR count). The van der Waals surface area contributed by atoms with Crippen molar-refractivity contribution >= 4 is 11.4 Å². The van der Waals surface area contributed by atoms with Crippen LogP contribution in [-0.2, 0) is 4.74 Å². The number of hydrogen-bond acceptors (Lipinski definition) is 3. The molecule has 0 aliphatic carbocycles. The molecule has 1 aromatic rings. The normalized spacial score (nSPS) is 11.3. The van der Waals surface area contributed by atoms with Gasteiger partial charge in [-0.15, -0.1) is 0 Å². The predicted molar refractivity (Wildman–Crippen MR) is 74.7 cm³/mol. The van der Waals surface area contributed by atoms with Gasteiger partial charge in [-0.2, -0.15) is 0 Å². The number of benzene rings is 1. The number of anilines is 2. The highest BCUT2D eigenvalue weighted by atomic mass is 19.3. The van der Waals surface area contributed by atoms with E-state index in [1.165, 1.54) is 6.07 Å². The monoisotopic (exact) mass is 272 g/mol. The third kappa shape index (κ3) is 4.67. The van der Waals surface area contributed by atoms with Gasteiger partial charge in [0.25, 0.3) is 6.43 Å². The molecule has 0 unspecified atom stereocenters. The van der Waals surface area contributed by atoms with Crippen molar-refractivity contribution in [3.63, 3.8) is 0 Å². The lowest BCUT2D eigenvalue weighted by Gasteiger charge is -2.28. The number of ether oxygens (including phenoxy) is 1. The average molecular weight is 272 g/mol. The van der Waals surface area contributed by atoms with Crippen LogP contribution in [0.15, 0.2) is 18.2 Å². The van der Waals surface area contributed by atoms with Crippen LogP contribution in [0.5, 0.6) is 0 Å². The van der Waals surface area contributed by atoms with Crippen molar-refractivity contribution in [3.8, 4) is 0 Å². The summed E-state index contributed by atoms with van der Waals surface area (Å²) in [5, 5.41) is 0. The molecule has 0 heterocycles.